The lowest BCUT2D eigenvalue weighted by molar-refractivity contribution is -0.187. The van der Waals surface area contributed by atoms with Crippen molar-refractivity contribution in [3.8, 4) is 11.5 Å². The lowest BCUT2D eigenvalue weighted by Crippen LogP contribution is -2.26. The number of rotatable bonds is 10. The van der Waals surface area contributed by atoms with Crippen LogP contribution in [0.5, 0.6) is 11.5 Å². The van der Waals surface area contributed by atoms with Gasteiger partial charge in [-0.25, -0.2) is 8.78 Å². The van der Waals surface area contributed by atoms with Crippen molar-refractivity contribution in [2.75, 3.05) is 0 Å². The molecule has 226 valence electrons. The zero-order chi connectivity index (χ0) is 29.8. The predicted octanol–water partition coefficient (Wildman–Crippen LogP) is 10.7. The summed E-state index contributed by atoms with van der Waals surface area (Å²) >= 11 is 0. The van der Waals surface area contributed by atoms with E-state index in [1.807, 2.05) is 0 Å². The fourth-order valence-electron chi connectivity index (χ4n) is 6.44. The molecule has 2 fully saturated rings. The van der Waals surface area contributed by atoms with Gasteiger partial charge in [-0.05, 0) is 92.0 Å². The Hall–Kier alpha value is -2.78. The zero-order valence-electron chi connectivity index (χ0n) is 22.8. The molecule has 10 heteroatoms. The SMILES string of the molecule is CCCC1CCC(C2CCC(c3ccc(C(F)(F)Oc4ccc(OC(F)(F)C=C(F)F)c(F)c4)c(F)c3)CC2)CC1. The van der Waals surface area contributed by atoms with Crippen LogP contribution in [0.15, 0.2) is 48.6 Å². The van der Waals surface area contributed by atoms with Crippen molar-refractivity contribution in [1.29, 1.82) is 0 Å². The van der Waals surface area contributed by atoms with Crippen LogP contribution in [0.2, 0.25) is 0 Å². The second kappa shape index (κ2) is 13.0. The maximum absolute atomic E-state index is 14.9. The third-order valence-corrected chi connectivity index (χ3v) is 8.48. The lowest BCUT2D eigenvalue weighted by atomic mass is 9.68. The number of halogens is 8. The van der Waals surface area contributed by atoms with E-state index in [4.69, 9.17) is 0 Å². The molecule has 0 saturated heterocycles. The molecule has 2 aliphatic rings. The van der Waals surface area contributed by atoms with E-state index in [1.165, 1.54) is 44.6 Å². The Balaban J connectivity index is 1.36. The van der Waals surface area contributed by atoms with Crippen molar-refractivity contribution < 1.29 is 44.6 Å². The molecule has 0 spiro atoms. The van der Waals surface area contributed by atoms with E-state index in [9.17, 15) is 35.1 Å². The van der Waals surface area contributed by atoms with Crippen molar-refractivity contribution in [2.24, 2.45) is 17.8 Å². The smallest absolute Gasteiger partial charge is 0.429 e. The quantitative estimate of drug-likeness (QED) is 0.256. The molecular weight excluding hydrogens is 556 g/mol. The molecule has 4 rings (SSSR count). The van der Waals surface area contributed by atoms with Gasteiger partial charge in [0.05, 0.1) is 11.6 Å². The average molecular weight is 591 g/mol. The summed E-state index contributed by atoms with van der Waals surface area (Å²) in [6.45, 7) is 2.23. The number of benzene rings is 2. The van der Waals surface area contributed by atoms with E-state index in [0.29, 0.717) is 29.7 Å². The second-order valence-electron chi connectivity index (χ2n) is 11.2. The van der Waals surface area contributed by atoms with E-state index >= 15 is 0 Å². The minimum absolute atomic E-state index is 0.0706. The van der Waals surface area contributed by atoms with Crippen LogP contribution < -0.4 is 9.47 Å². The Morgan fingerprint density at radius 1 is 0.805 bits per heavy atom. The lowest BCUT2D eigenvalue weighted by Gasteiger charge is -2.38. The van der Waals surface area contributed by atoms with Crippen molar-refractivity contribution in [2.45, 2.75) is 89.3 Å². The Morgan fingerprint density at radius 2 is 1.44 bits per heavy atom. The van der Waals surface area contributed by atoms with Crippen LogP contribution in [-0.2, 0) is 6.11 Å². The molecule has 2 aromatic rings. The molecule has 0 N–H and O–H groups in total. The standard InChI is InChI=1S/C31H34F8O2/c1-2-3-19-4-6-20(7-5-19)21-8-10-22(11-9-21)23-12-14-25(26(32)16-23)31(38,39)40-24-13-15-28(27(33)17-24)41-30(36,37)18-29(34)35/h12-22H,2-11H2,1H3. The van der Waals surface area contributed by atoms with E-state index in [0.717, 1.165) is 49.7 Å². The number of hydrogen-bond donors (Lipinski definition) is 0. The summed E-state index contributed by atoms with van der Waals surface area (Å²) < 4.78 is 118. The fourth-order valence-corrected chi connectivity index (χ4v) is 6.44. The summed E-state index contributed by atoms with van der Waals surface area (Å²) in [5, 5.41) is 0. The molecule has 0 heterocycles. The third-order valence-electron chi connectivity index (χ3n) is 8.48. The van der Waals surface area contributed by atoms with E-state index in [2.05, 4.69) is 16.4 Å². The molecule has 0 aromatic heterocycles. The van der Waals surface area contributed by atoms with Gasteiger partial charge in [-0.15, -0.1) is 0 Å². The molecule has 41 heavy (non-hydrogen) atoms. The van der Waals surface area contributed by atoms with Crippen LogP contribution in [0, 0.1) is 29.4 Å². The largest absolute Gasteiger partial charge is 0.429 e. The van der Waals surface area contributed by atoms with Crippen LogP contribution in [0.4, 0.5) is 35.1 Å². The van der Waals surface area contributed by atoms with Crippen molar-refractivity contribution in [3.63, 3.8) is 0 Å². The monoisotopic (exact) mass is 590 g/mol. The normalized spacial score (nSPS) is 23.6. The highest BCUT2D eigenvalue weighted by atomic mass is 19.3. The highest BCUT2D eigenvalue weighted by Gasteiger charge is 2.39. The van der Waals surface area contributed by atoms with Gasteiger partial charge in [-0.2, -0.15) is 26.3 Å². The van der Waals surface area contributed by atoms with Gasteiger partial charge in [0, 0.05) is 6.07 Å². The Bertz CT molecular complexity index is 1190. The molecule has 0 amide bonds. The summed E-state index contributed by atoms with van der Waals surface area (Å²) in [6.07, 6.45) is -0.891. The first kappa shape index (κ1) is 31.2. The summed E-state index contributed by atoms with van der Waals surface area (Å²) in [5.74, 6) is -2.41. The number of hydrogen-bond acceptors (Lipinski definition) is 2. The van der Waals surface area contributed by atoms with Crippen molar-refractivity contribution >= 4 is 0 Å². The molecule has 2 aromatic carbocycles. The van der Waals surface area contributed by atoms with Crippen LogP contribution in [-0.4, -0.2) is 6.11 Å². The first-order chi connectivity index (χ1) is 19.4. The molecule has 0 atom stereocenters. The molecule has 2 nitrogen and oxygen atoms in total. The average Bonchev–Trinajstić information content (AvgIpc) is 2.90. The molecule has 0 aliphatic heterocycles. The number of alkyl halides is 4. The number of ether oxygens (including phenoxy) is 2. The second-order valence-corrected chi connectivity index (χ2v) is 11.2. The van der Waals surface area contributed by atoms with E-state index in [-0.39, 0.29) is 5.92 Å². The maximum Gasteiger partial charge on any atom is 0.429 e. The van der Waals surface area contributed by atoms with E-state index < -0.39 is 53.1 Å². The molecule has 0 unspecified atom stereocenters. The van der Waals surface area contributed by atoms with Gasteiger partial charge in [-0.3, -0.25) is 0 Å². The Kier molecular flexibility index (Phi) is 9.90. The van der Waals surface area contributed by atoms with Gasteiger partial charge in [-0.1, -0.05) is 38.7 Å². The summed E-state index contributed by atoms with van der Waals surface area (Å²) in [5.41, 5.74) is -0.422. The topological polar surface area (TPSA) is 18.5 Å². The van der Waals surface area contributed by atoms with Gasteiger partial charge in [0.15, 0.2) is 11.6 Å². The maximum atomic E-state index is 14.9. The molecule has 0 bridgehead atoms. The van der Waals surface area contributed by atoms with Gasteiger partial charge < -0.3 is 9.47 Å². The minimum Gasteiger partial charge on any atom is -0.429 e. The van der Waals surface area contributed by atoms with E-state index in [1.54, 1.807) is 0 Å². The first-order valence-electron chi connectivity index (χ1n) is 14.1. The summed E-state index contributed by atoms with van der Waals surface area (Å²) in [6, 6.07) is 5.00. The first-order valence-corrected chi connectivity index (χ1v) is 14.1. The Morgan fingerprint density at radius 3 is 2.00 bits per heavy atom. The molecular formula is C31H34F8O2. The molecule has 0 radical (unpaired) electrons. The summed E-state index contributed by atoms with van der Waals surface area (Å²) in [7, 11) is 0. The van der Waals surface area contributed by atoms with Gasteiger partial charge in [0.2, 0.25) is 0 Å². The highest BCUT2D eigenvalue weighted by molar-refractivity contribution is 5.35. The molecule has 2 aliphatic carbocycles. The zero-order valence-corrected chi connectivity index (χ0v) is 22.8. The molecule has 2 saturated carbocycles. The van der Waals surface area contributed by atoms with Crippen LogP contribution in [0.25, 0.3) is 0 Å². The Labute approximate surface area is 234 Å². The van der Waals surface area contributed by atoms with Crippen molar-refractivity contribution in [1.82, 2.24) is 0 Å². The van der Waals surface area contributed by atoms with Crippen LogP contribution in [0.3, 0.4) is 0 Å². The third kappa shape index (κ3) is 8.16. The van der Waals surface area contributed by atoms with Gasteiger partial charge in [0.25, 0.3) is 6.08 Å². The highest BCUT2D eigenvalue weighted by Crippen LogP contribution is 2.45. The minimum atomic E-state index is -4.54. The van der Waals surface area contributed by atoms with Gasteiger partial charge in [0.1, 0.15) is 11.6 Å². The summed E-state index contributed by atoms with van der Waals surface area (Å²) in [4.78, 5) is 0. The van der Waals surface area contributed by atoms with Crippen LogP contribution in [0.1, 0.15) is 88.2 Å². The fraction of sp³-hybridized carbons (Fsp3) is 0.548. The predicted molar refractivity (Wildman–Crippen MR) is 138 cm³/mol. The van der Waals surface area contributed by atoms with Crippen LogP contribution >= 0.6 is 0 Å². The van der Waals surface area contributed by atoms with Crippen molar-refractivity contribution in [3.05, 3.63) is 71.3 Å². The van der Waals surface area contributed by atoms with Gasteiger partial charge >= 0.3 is 12.2 Å².